The molecule has 1 aromatic rings. The maximum absolute atomic E-state index is 10.6. The van der Waals surface area contributed by atoms with Gasteiger partial charge in [0.25, 0.3) is 0 Å². The zero-order valence-electron chi connectivity index (χ0n) is 12.0. The molecule has 0 aliphatic rings. The second-order valence-electron chi connectivity index (χ2n) is 4.60. The Morgan fingerprint density at radius 2 is 2.16 bits per heavy atom. The van der Waals surface area contributed by atoms with Crippen molar-refractivity contribution in [1.82, 2.24) is 14.8 Å². The molecule has 1 unspecified atom stereocenters. The van der Waals surface area contributed by atoms with Gasteiger partial charge in [0.05, 0.1) is 5.75 Å². The molecule has 1 N–H and O–H groups in total. The molecule has 0 radical (unpaired) electrons. The molecule has 6 nitrogen and oxygen atoms in total. The first-order valence-corrected chi connectivity index (χ1v) is 7.47. The number of carbonyl (C=O) groups is 1. The van der Waals surface area contributed by atoms with E-state index in [1.54, 1.807) is 0 Å². The summed E-state index contributed by atoms with van der Waals surface area (Å²) in [5.41, 5.74) is 0. The van der Waals surface area contributed by atoms with Gasteiger partial charge in [0.15, 0.2) is 5.16 Å². The Morgan fingerprint density at radius 1 is 1.47 bits per heavy atom. The van der Waals surface area contributed by atoms with Crippen LogP contribution in [-0.4, -0.2) is 45.2 Å². The lowest BCUT2D eigenvalue weighted by Crippen LogP contribution is -2.26. The number of aromatic nitrogens is 3. The van der Waals surface area contributed by atoms with E-state index in [1.165, 1.54) is 11.8 Å². The first-order chi connectivity index (χ1) is 8.99. The number of anilines is 1. The standard InChI is InChI=1S/C12H22N4O2S/c1-5-9(3)7-15(4)11-13-14-12(16(11)6-2)19-8-10(17)18/h9H,5-8H2,1-4H3,(H,17,18). The molecule has 1 heterocycles. The summed E-state index contributed by atoms with van der Waals surface area (Å²) in [4.78, 5) is 12.7. The highest BCUT2D eigenvalue weighted by molar-refractivity contribution is 7.99. The topological polar surface area (TPSA) is 71.2 Å². The lowest BCUT2D eigenvalue weighted by atomic mass is 10.1. The molecule has 1 rings (SSSR count). The van der Waals surface area contributed by atoms with E-state index < -0.39 is 5.97 Å². The van der Waals surface area contributed by atoms with Crippen molar-refractivity contribution >= 4 is 23.7 Å². The van der Waals surface area contributed by atoms with Gasteiger partial charge in [-0.2, -0.15) is 0 Å². The van der Waals surface area contributed by atoms with Crippen LogP contribution in [0.2, 0.25) is 0 Å². The molecule has 1 atom stereocenters. The third-order valence-electron chi connectivity index (χ3n) is 2.96. The molecule has 0 fully saturated rings. The summed E-state index contributed by atoms with van der Waals surface area (Å²) < 4.78 is 1.95. The highest BCUT2D eigenvalue weighted by Gasteiger charge is 2.16. The van der Waals surface area contributed by atoms with E-state index in [4.69, 9.17) is 5.11 Å². The SMILES string of the molecule is CCC(C)CN(C)c1nnc(SCC(=O)O)n1CC. The van der Waals surface area contributed by atoms with Crippen LogP contribution in [0.3, 0.4) is 0 Å². The van der Waals surface area contributed by atoms with Gasteiger partial charge in [0.2, 0.25) is 5.95 Å². The smallest absolute Gasteiger partial charge is 0.313 e. The van der Waals surface area contributed by atoms with Crippen molar-refractivity contribution in [2.75, 3.05) is 24.2 Å². The Balaban J connectivity index is 2.81. The molecule has 0 aliphatic heterocycles. The van der Waals surface area contributed by atoms with Crippen LogP contribution in [-0.2, 0) is 11.3 Å². The quantitative estimate of drug-likeness (QED) is 0.737. The molecule has 0 saturated carbocycles. The molecule has 0 aliphatic carbocycles. The van der Waals surface area contributed by atoms with E-state index in [0.717, 1.165) is 25.5 Å². The van der Waals surface area contributed by atoms with Crippen molar-refractivity contribution in [3.05, 3.63) is 0 Å². The molecule has 19 heavy (non-hydrogen) atoms. The summed E-state index contributed by atoms with van der Waals surface area (Å²) in [6.45, 7) is 8.02. The summed E-state index contributed by atoms with van der Waals surface area (Å²) >= 11 is 1.21. The Bertz CT molecular complexity index is 422. The van der Waals surface area contributed by atoms with E-state index in [0.29, 0.717) is 11.1 Å². The number of rotatable bonds is 8. The fourth-order valence-electron chi connectivity index (χ4n) is 1.75. The van der Waals surface area contributed by atoms with E-state index in [9.17, 15) is 4.79 Å². The van der Waals surface area contributed by atoms with Crippen LogP contribution in [0.4, 0.5) is 5.95 Å². The van der Waals surface area contributed by atoms with Crippen molar-refractivity contribution in [3.63, 3.8) is 0 Å². The zero-order chi connectivity index (χ0) is 14.4. The van der Waals surface area contributed by atoms with Crippen LogP contribution in [0.15, 0.2) is 5.16 Å². The van der Waals surface area contributed by atoms with Gasteiger partial charge >= 0.3 is 5.97 Å². The summed E-state index contributed by atoms with van der Waals surface area (Å²) in [6, 6.07) is 0. The lowest BCUT2D eigenvalue weighted by molar-refractivity contribution is -0.133. The van der Waals surface area contributed by atoms with Gasteiger partial charge in [-0.15, -0.1) is 10.2 Å². The van der Waals surface area contributed by atoms with Crippen molar-refractivity contribution in [1.29, 1.82) is 0 Å². The molecule has 108 valence electrons. The van der Waals surface area contributed by atoms with Gasteiger partial charge in [-0.05, 0) is 12.8 Å². The van der Waals surface area contributed by atoms with Crippen LogP contribution in [0.5, 0.6) is 0 Å². The largest absolute Gasteiger partial charge is 0.481 e. The molecule has 1 aromatic heterocycles. The van der Waals surface area contributed by atoms with E-state index >= 15 is 0 Å². The van der Waals surface area contributed by atoms with E-state index in [2.05, 4.69) is 28.9 Å². The second kappa shape index (κ2) is 7.37. The van der Waals surface area contributed by atoms with Gasteiger partial charge in [0, 0.05) is 20.1 Å². The Kier molecular flexibility index (Phi) is 6.14. The summed E-state index contributed by atoms with van der Waals surface area (Å²) in [5, 5.41) is 17.6. The second-order valence-corrected chi connectivity index (χ2v) is 5.55. The van der Waals surface area contributed by atoms with Crippen LogP contribution in [0.1, 0.15) is 27.2 Å². The number of aliphatic carboxylic acids is 1. The minimum Gasteiger partial charge on any atom is -0.481 e. The van der Waals surface area contributed by atoms with Gasteiger partial charge in [0.1, 0.15) is 0 Å². The number of carboxylic acids is 1. The van der Waals surface area contributed by atoms with Crippen molar-refractivity contribution in [2.45, 2.75) is 38.9 Å². The fourth-order valence-corrected chi connectivity index (χ4v) is 2.47. The van der Waals surface area contributed by atoms with Crippen LogP contribution in [0, 0.1) is 5.92 Å². The molecule has 0 bridgehead atoms. The average Bonchev–Trinajstić information content (AvgIpc) is 2.78. The maximum Gasteiger partial charge on any atom is 0.313 e. The van der Waals surface area contributed by atoms with E-state index in [-0.39, 0.29) is 5.75 Å². The third kappa shape index (κ3) is 4.41. The van der Waals surface area contributed by atoms with E-state index in [1.807, 2.05) is 18.5 Å². The van der Waals surface area contributed by atoms with Crippen LogP contribution < -0.4 is 4.90 Å². The van der Waals surface area contributed by atoms with Crippen molar-refractivity contribution < 1.29 is 9.90 Å². The Morgan fingerprint density at radius 3 is 2.68 bits per heavy atom. The van der Waals surface area contributed by atoms with Crippen molar-refractivity contribution in [2.24, 2.45) is 5.92 Å². The predicted octanol–water partition coefficient (Wildman–Crippen LogP) is 1.96. The van der Waals surface area contributed by atoms with Crippen LogP contribution >= 0.6 is 11.8 Å². The summed E-state index contributed by atoms with van der Waals surface area (Å²) in [7, 11) is 1.99. The molecule has 7 heteroatoms. The van der Waals surface area contributed by atoms with Gasteiger partial charge in [-0.3, -0.25) is 9.36 Å². The Labute approximate surface area is 118 Å². The zero-order valence-corrected chi connectivity index (χ0v) is 12.8. The Hall–Kier alpha value is -1.24. The number of hydrogen-bond donors (Lipinski definition) is 1. The fraction of sp³-hybridized carbons (Fsp3) is 0.750. The number of thioether (sulfide) groups is 1. The highest BCUT2D eigenvalue weighted by atomic mass is 32.2. The highest BCUT2D eigenvalue weighted by Crippen LogP contribution is 2.21. The van der Waals surface area contributed by atoms with Gasteiger partial charge in [-0.1, -0.05) is 32.0 Å². The van der Waals surface area contributed by atoms with Gasteiger partial charge < -0.3 is 10.0 Å². The number of nitrogens with zero attached hydrogens (tertiary/aromatic N) is 4. The normalized spacial score (nSPS) is 12.4. The monoisotopic (exact) mass is 286 g/mol. The minimum absolute atomic E-state index is 0.00715. The van der Waals surface area contributed by atoms with Gasteiger partial charge in [-0.25, -0.2) is 0 Å². The first-order valence-electron chi connectivity index (χ1n) is 6.48. The molecule has 0 aromatic carbocycles. The minimum atomic E-state index is -0.842. The van der Waals surface area contributed by atoms with Crippen molar-refractivity contribution in [3.8, 4) is 0 Å². The number of carboxylic acid groups (broad SMARTS) is 1. The van der Waals surface area contributed by atoms with Crippen LogP contribution in [0.25, 0.3) is 0 Å². The molecular formula is C12H22N4O2S. The number of hydrogen-bond acceptors (Lipinski definition) is 5. The third-order valence-corrected chi connectivity index (χ3v) is 3.91. The summed E-state index contributed by atoms with van der Waals surface area (Å²) in [5.74, 6) is 0.552. The molecule has 0 spiro atoms. The molecule has 0 saturated heterocycles. The maximum atomic E-state index is 10.6. The summed E-state index contributed by atoms with van der Waals surface area (Å²) in [6.07, 6.45) is 1.12. The lowest BCUT2D eigenvalue weighted by Gasteiger charge is -2.22. The molecule has 0 amide bonds. The average molecular weight is 286 g/mol. The predicted molar refractivity (Wildman–Crippen MR) is 76.8 cm³/mol. The first kappa shape index (κ1) is 15.8. The molecular weight excluding hydrogens is 264 g/mol.